The molecule has 20 heteroatoms. The Morgan fingerprint density at radius 2 is 1.09 bits per heavy atom. The summed E-state index contributed by atoms with van der Waals surface area (Å²) in [6.45, 7) is -1.71. The summed E-state index contributed by atoms with van der Waals surface area (Å²) < 4.78 is 171. The molecule has 0 saturated heterocycles. The van der Waals surface area contributed by atoms with Gasteiger partial charge in [0, 0.05) is 29.6 Å². The average molecular weight is 576 g/mol. The van der Waals surface area contributed by atoms with E-state index < -0.39 is 71.4 Å². The van der Waals surface area contributed by atoms with Crippen molar-refractivity contribution in [2.75, 3.05) is 24.7 Å². The van der Waals surface area contributed by atoms with Gasteiger partial charge in [-0.2, -0.15) is 57.9 Å². The van der Waals surface area contributed by atoms with E-state index in [1.54, 1.807) is 5.40 Å². The number of nitriles is 1. The van der Waals surface area contributed by atoms with Crippen LogP contribution in [-0.2, 0) is 18.5 Å². The van der Waals surface area contributed by atoms with Gasteiger partial charge in [0.1, 0.15) is 5.40 Å². The molecule has 0 unspecified atom stereocenters. The minimum Gasteiger partial charge on any atom is -0.361 e. The van der Waals surface area contributed by atoms with Crippen molar-refractivity contribution in [2.24, 2.45) is 0 Å². The molecule has 0 bridgehead atoms. The number of thioether (sulfide) groups is 1. The van der Waals surface area contributed by atoms with Crippen LogP contribution in [0.3, 0.4) is 0 Å². The van der Waals surface area contributed by atoms with Crippen LogP contribution in [-0.4, -0.2) is 70.1 Å². The van der Waals surface area contributed by atoms with Gasteiger partial charge in [-0.1, -0.05) is 0 Å². The molecule has 0 aliphatic carbocycles. The van der Waals surface area contributed by atoms with Crippen molar-refractivity contribution in [1.29, 1.82) is 5.26 Å². The van der Waals surface area contributed by atoms with Gasteiger partial charge in [-0.15, -0.1) is 0 Å². The molecule has 0 radical (unpaired) electrons. The lowest BCUT2D eigenvalue weighted by Gasteiger charge is -2.22. The molecule has 0 saturated carbocycles. The number of thiocyanates is 1. The van der Waals surface area contributed by atoms with Gasteiger partial charge in [0.25, 0.3) is 0 Å². The number of hydrogen-bond acceptors (Lipinski definition) is 6. The van der Waals surface area contributed by atoms with Crippen LogP contribution in [0.5, 0.6) is 0 Å². The quantitative estimate of drug-likeness (QED) is 0.147. The number of nitrogens with zero attached hydrogens (tertiary/aromatic N) is 1. The lowest BCUT2D eigenvalue weighted by Crippen LogP contribution is -2.44. The Bertz CT molecular complexity index is 673. The maximum atomic E-state index is 11.9. The van der Waals surface area contributed by atoms with E-state index in [0.717, 1.165) is 11.8 Å². The van der Waals surface area contributed by atoms with Crippen LogP contribution in [0.15, 0.2) is 0 Å². The first-order valence-electron chi connectivity index (χ1n) is 7.96. The summed E-state index contributed by atoms with van der Waals surface area (Å²) in [4.78, 5) is 0. The van der Waals surface area contributed by atoms with Crippen molar-refractivity contribution >= 4 is 31.5 Å². The van der Waals surface area contributed by atoms with Crippen molar-refractivity contribution in [3.05, 3.63) is 0 Å². The van der Waals surface area contributed by atoms with Gasteiger partial charge in [-0.25, -0.2) is 8.42 Å². The smallest absolute Gasteiger partial charge is 0.361 e. The summed E-state index contributed by atoms with van der Waals surface area (Å²) in [5, 5.41) is 9.68. The second-order valence-corrected chi connectivity index (χ2v) is 9.33. The standard InChI is InChI=1S/C7H7F6NOS.C6H7ClF6O3S/c8-6(9,10)5(7(11,12)13)15-2-1-3-16-4-14;7-17(14,15)3-1-2-16-4(5(8,9)10)6(11,12)13/h5H,1-3H2;4H,1-3H2. The summed E-state index contributed by atoms with van der Waals surface area (Å²) in [5.41, 5.74) is 0. The summed E-state index contributed by atoms with van der Waals surface area (Å²) >= 11 is 0.738. The van der Waals surface area contributed by atoms with E-state index in [-0.39, 0.29) is 12.2 Å². The van der Waals surface area contributed by atoms with Crippen molar-refractivity contribution in [2.45, 2.75) is 49.8 Å². The van der Waals surface area contributed by atoms with Crippen molar-refractivity contribution in [3.8, 4) is 5.40 Å². The monoisotopic (exact) mass is 575 g/mol. The van der Waals surface area contributed by atoms with Gasteiger partial charge in [0.15, 0.2) is 0 Å². The Balaban J connectivity index is 0. The van der Waals surface area contributed by atoms with Crippen molar-refractivity contribution in [3.63, 3.8) is 0 Å². The van der Waals surface area contributed by atoms with E-state index in [9.17, 15) is 61.1 Å². The first kappa shape index (κ1) is 34.3. The van der Waals surface area contributed by atoms with Gasteiger partial charge in [0.05, 0.1) is 5.75 Å². The summed E-state index contributed by atoms with van der Waals surface area (Å²) in [6, 6.07) is 0. The first-order valence-corrected chi connectivity index (χ1v) is 11.4. The highest BCUT2D eigenvalue weighted by Gasteiger charge is 2.58. The van der Waals surface area contributed by atoms with Crippen molar-refractivity contribution < 1.29 is 70.6 Å². The highest BCUT2D eigenvalue weighted by molar-refractivity contribution is 8.13. The molecule has 0 heterocycles. The molecule has 0 aromatic rings. The largest absolute Gasteiger partial charge is 0.423 e. The van der Waals surface area contributed by atoms with Gasteiger partial charge in [0.2, 0.25) is 21.3 Å². The molecule has 0 aromatic carbocycles. The average Bonchev–Trinajstić information content (AvgIpc) is 2.52. The van der Waals surface area contributed by atoms with E-state index in [4.69, 9.17) is 15.9 Å². The van der Waals surface area contributed by atoms with Crippen molar-refractivity contribution in [1.82, 2.24) is 0 Å². The van der Waals surface area contributed by atoms with Gasteiger partial charge in [-0.3, -0.25) is 0 Å². The molecule has 0 aliphatic rings. The Hall–Kier alpha value is -0.840. The Morgan fingerprint density at radius 3 is 1.36 bits per heavy atom. The summed E-state index contributed by atoms with van der Waals surface area (Å²) in [5.74, 6) is -0.643. The zero-order valence-corrected chi connectivity index (χ0v) is 18.1. The lowest BCUT2D eigenvalue weighted by atomic mass is 10.3. The molecule has 0 aliphatic heterocycles. The Kier molecular flexibility index (Phi) is 14.5. The number of ether oxygens (including phenoxy) is 2. The van der Waals surface area contributed by atoms with Crippen LogP contribution >= 0.6 is 22.4 Å². The molecule has 5 nitrogen and oxygen atoms in total. The van der Waals surface area contributed by atoms with Gasteiger partial charge < -0.3 is 9.47 Å². The minimum absolute atomic E-state index is 0.0547. The number of alkyl halides is 12. The second-order valence-electron chi connectivity index (χ2n) is 5.56. The van der Waals surface area contributed by atoms with E-state index in [2.05, 4.69) is 9.47 Å². The van der Waals surface area contributed by atoms with Gasteiger partial charge in [-0.05, 0) is 24.6 Å². The molecule has 0 spiro atoms. The fourth-order valence-electron chi connectivity index (χ4n) is 1.56. The van der Waals surface area contributed by atoms with Crippen LogP contribution in [0.25, 0.3) is 0 Å². The SMILES string of the molecule is N#CSCCCOC(C(F)(F)F)C(F)(F)F.O=S(=O)(Cl)CCCOC(C(F)(F)F)C(F)(F)F. The molecular formula is C13H14ClF12NO4S2. The predicted molar refractivity (Wildman–Crippen MR) is 90.6 cm³/mol. The molecule has 198 valence electrons. The third-order valence-corrected chi connectivity index (χ3v) is 4.61. The molecule has 0 rings (SSSR count). The number of rotatable bonds is 10. The zero-order valence-electron chi connectivity index (χ0n) is 15.7. The van der Waals surface area contributed by atoms with E-state index in [1.165, 1.54) is 0 Å². The first-order chi connectivity index (χ1) is 14.5. The van der Waals surface area contributed by atoms with Crippen LogP contribution in [0, 0.1) is 10.7 Å². The minimum atomic E-state index is -5.60. The maximum Gasteiger partial charge on any atom is 0.423 e. The molecule has 0 aromatic heterocycles. The summed E-state index contributed by atoms with van der Waals surface area (Å²) in [6.07, 6.45) is -30.4. The number of halogens is 13. The topological polar surface area (TPSA) is 76.4 Å². The fourth-order valence-corrected chi connectivity index (χ4v) is 2.70. The normalized spacial score (nSPS) is 13.6. The van der Waals surface area contributed by atoms with E-state index >= 15 is 0 Å². The Morgan fingerprint density at radius 1 is 0.758 bits per heavy atom. The van der Waals surface area contributed by atoms with E-state index in [1.807, 2.05) is 0 Å². The number of hydrogen-bond donors (Lipinski definition) is 0. The highest BCUT2D eigenvalue weighted by atomic mass is 35.7. The molecule has 0 fully saturated rings. The van der Waals surface area contributed by atoms with Crippen LogP contribution in [0.2, 0.25) is 0 Å². The molecule has 33 heavy (non-hydrogen) atoms. The van der Waals surface area contributed by atoms with Gasteiger partial charge >= 0.3 is 24.7 Å². The fraction of sp³-hybridized carbons (Fsp3) is 0.923. The predicted octanol–water partition coefficient (Wildman–Crippen LogP) is 5.56. The van der Waals surface area contributed by atoms with Crippen LogP contribution in [0.4, 0.5) is 52.7 Å². The second kappa shape index (κ2) is 13.9. The molecule has 0 N–H and O–H groups in total. The maximum absolute atomic E-state index is 11.9. The summed E-state index contributed by atoms with van der Waals surface area (Å²) in [7, 11) is 0.737. The van der Waals surface area contributed by atoms with E-state index in [0.29, 0.717) is 0 Å². The molecule has 0 amide bonds. The van der Waals surface area contributed by atoms with Crippen LogP contribution < -0.4 is 0 Å². The lowest BCUT2D eigenvalue weighted by molar-refractivity contribution is -0.322. The Labute approximate surface area is 187 Å². The third-order valence-electron chi connectivity index (χ3n) is 2.75. The molecule has 0 atom stereocenters. The third kappa shape index (κ3) is 18.2. The molecular weight excluding hydrogens is 562 g/mol. The highest BCUT2D eigenvalue weighted by Crippen LogP contribution is 2.36. The van der Waals surface area contributed by atoms with Crippen LogP contribution in [0.1, 0.15) is 12.8 Å². The zero-order chi connectivity index (χ0) is 26.7.